The van der Waals surface area contributed by atoms with E-state index in [1.165, 1.54) is 17.5 Å². The zero-order chi connectivity index (χ0) is 22.3. The molecule has 0 saturated carbocycles. The van der Waals surface area contributed by atoms with Crippen LogP contribution in [-0.2, 0) is 4.79 Å². The lowest BCUT2D eigenvalue weighted by Gasteiger charge is -2.36. The number of rotatable bonds is 7. The van der Waals surface area contributed by atoms with Gasteiger partial charge in [0.1, 0.15) is 0 Å². The van der Waals surface area contributed by atoms with Crippen LogP contribution >= 0.6 is 0 Å². The molecule has 2 aliphatic rings. The first kappa shape index (κ1) is 22.4. The van der Waals surface area contributed by atoms with E-state index >= 15 is 0 Å². The smallest absolute Gasteiger partial charge is 0.289 e. The van der Waals surface area contributed by atoms with Gasteiger partial charge in [-0.05, 0) is 62.6 Å². The number of piperidine rings is 1. The summed E-state index contributed by atoms with van der Waals surface area (Å²) >= 11 is 0. The maximum atomic E-state index is 12.5. The van der Waals surface area contributed by atoms with E-state index in [0.29, 0.717) is 38.2 Å². The van der Waals surface area contributed by atoms with E-state index in [2.05, 4.69) is 46.3 Å². The minimum Gasteiger partial charge on any atom is -0.459 e. The van der Waals surface area contributed by atoms with Gasteiger partial charge >= 0.3 is 0 Å². The molecule has 2 amide bonds. The second-order valence-corrected chi connectivity index (χ2v) is 8.86. The Kier molecular flexibility index (Phi) is 7.47. The lowest BCUT2D eigenvalue weighted by atomic mass is 9.95. The fraction of sp³-hybridized carbons (Fsp3) is 0.520. The number of amides is 2. The Morgan fingerprint density at radius 1 is 1.03 bits per heavy atom. The average Bonchev–Trinajstić information content (AvgIpc) is 3.37. The van der Waals surface area contributed by atoms with Gasteiger partial charge in [0.15, 0.2) is 5.76 Å². The molecule has 1 N–H and O–H groups in total. The summed E-state index contributed by atoms with van der Waals surface area (Å²) in [5.74, 6) is 0.400. The van der Waals surface area contributed by atoms with Gasteiger partial charge in [-0.25, -0.2) is 0 Å². The van der Waals surface area contributed by atoms with E-state index in [-0.39, 0.29) is 17.7 Å². The van der Waals surface area contributed by atoms with Crippen LogP contribution in [0.3, 0.4) is 0 Å². The minimum atomic E-state index is -0.0867. The van der Waals surface area contributed by atoms with Crippen LogP contribution in [0.4, 0.5) is 5.69 Å². The summed E-state index contributed by atoms with van der Waals surface area (Å²) in [6.45, 7) is 9.27. The van der Waals surface area contributed by atoms with E-state index in [1.807, 2.05) is 0 Å². The third-order valence-electron chi connectivity index (χ3n) is 6.57. The Labute approximate surface area is 190 Å². The van der Waals surface area contributed by atoms with Crippen molar-refractivity contribution < 1.29 is 14.0 Å². The summed E-state index contributed by atoms with van der Waals surface area (Å²) in [4.78, 5) is 31.6. The van der Waals surface area contributed by atoms with Gasteiger partial charge in [-0.3, -0.25) is 14.5 Å². The number of anilines is 1. The number of hydrogen-bond donors (Lipinski definition) is 1. The second kappa shape index (κ2) is 10.7. The van der Waals surface area contributed by atoms with Crippen LogP contribution in [0.25, 0.3) is 0 Å². The number of piperazine rings is 1. The van der Waals surface area contributed by atoms with Gasteiger partial charge < -0.3 is 19.5 Å². The Morgan fingerprint density at radius 2 is 1.81 bits per heavy atom. The number of hydrogen-bond acceptors (Lipinski definition) is 5. The first-order valence-electron chi connectivity index (χ1n) is 11.7. The highest BCUT2D eigenvalue weighted by atomic mass is 16.3. The lowest BCUT2D eigenvalue weighted by Crippen LogP contribution is -2.47. The van der Waals surface area contributed by atoms with Crippen molar-refractivity contribution >= 4 is 17.5 Å². The van der Waals surface area contributed by atoms with E-state index < -0.39 is 0 Å². The van der Waals surface area contributed by atoms with Crippen molar-refractivity contribution in [2.45, 2.75) is 26.2 Å². The van der Waals surface area contributed by atoms with E-state index in [9.17, 15) is 9.59 Å². The molecule has 7 nitrogen and oxygen atoms in total. The molecule has 0 spiro atoms. The summed E-state index contributed by atoms with van der Waals surface area (Å²) in [6.07, 6.45) is 3.89. The lowest BCUT2D eigenvalue weighted by molar-refractivity contribution is -0.126. The number of carbonyl (C=O) groups is 2. The molecule has 0 unspecified atom stereocenters. The largest absolute Gasteiger partial charge is 0.459 e. The van der Waals surface area contributed by atoms with Crippen molar-refractivity contribution in [3.8, 4) is 0 Å². The molecule has 2 aromatic rings. The molecule has 0 aliphatic carbocycles. The van der Waals surface area contributed by atoms with Gasteiger partial charge in [-0.15, -0.1) is 0 Å². The molecule has 0 atom stereocenters. The normalized spacial score (nSPS) is 18.0. The monoisotopic (exact) mass is 438 g/mol. The van der Waals surface area contributed by atoms with Crippen LogP contribution in [0.15, 0.2) is 47.1 Å². The van der Waals surface area contributed by atoms with E-state index in [1.54, 1.807) is 17.0 Å². The van der Waals surface area contributed by atoms with Crippen molar-refractivity contribution in [3.05, 3.63) is 54.0 Å². The number of nitrogens with zero attached hydrogens (tertiary/aromatic N) is 3. The van der Waals surface area contributed by atoms with Crippen molar-refractivity contribution in [1.82, 2.24) is 15.1 Å². The Hall–Kier alpha value is -2.80. The number of nitrogens with one attached hydrogen (secondary N) is 1. The molecule has 1 aromatic heterocycles. The average molecular weight is 439 g/mol. The SMILES string of the molecule is Cc1cccc(N2CCN(CCCNC(=O)C3CCN(C(=O)c4ccco4)CC3)CC2)c1. The van der Waals surface area contributed by atoms with E-state index in [4.69, 9.17) is 4.42 Å². The Balaban J connectivity index is 1.10. The minimum absolute atomic E-state index is 0.00600. The second-order valence-electron chi connectivity index (χ2n) is 8.86. The molecule has 32 heavy (non-hydrogen) atoms. The number of furan rings is 1. The van der Waals surface area contributed by atoms with Crippen LogP contribution < -0.4 is 10.2 Å². The molecule has 1 aromatic carbocycles. The van der Waals surface area contributed by atoms with Crippen molar-refractivity contribution in [2.24, 2.45) is 5.92 Å². The summed E-state index contributed by atoms with van der Waals surface area (Å²) < 4.78 is 5.19. The fourth-order valence-corrected chi connectivity index (χ4v) is 4.61. The van der Waals surface area contributed by atoms with Gasteiger partial charge in [-0.1, -0.05) is 12.1 Å². The molecule has 2 fully saturated rings. The third kappa shape index (κ3) is 5.71. The number of likely N-dealkylation sites (tertiary alicyclic amines) is 1. The summed E-state index contributed by atoms with van der Waals surface area (Å²) in [7, 11) is 0. The van der Waals surface area contributed by atoms with Gasteiger partial charge in [-0.2, -0.15) is 0 Å². The molecular formula is C25H34N4O3. The van der Waals surface area contributed by atoms with Crippen molar-refractivity contribution in [1.29, 1.82) is 0 Å². The van der Waals surface area contributed by atoms with Gasteiger partial charge in [0.25, 0.3) is 5.91 Å². The number of carbonyl (C=O) groups excluding carboxylic acids is 2. The maximum absolute atomic E-state index is 12.5. The predicted octanol–water partition coefficient (Wildman–Crippen LogP) is 2.77. The highest BCUT2D eigenvalue weighted by Gasteiger charge is 2.28. The first-order chi connectivity index (χ1) is 15.6. The van der Waals surface area contributed by atoms with Crippen LogP contribution in [-0.4, -0.2) is 74.0 Å². The van der Waals surface area contributed by atoms with E-state index in [0.717, 1.165) is 39.1 Å². The molecule has 172 valence electrons. The van der Waals surface area contributed by atoms with Crippen LogP contribution in [0.1, 0.15) is 35.4 Å². The Morgan fingerprint density at radius 3 is 2.50 bits per heavy atom. The highest BCUT2D eigenvalue weighted by molar-refractivity contribution is 5.91. The molecule has 4 rings (SSSR count). The van der Waals surface area contributed by atoms with Crippen LogP contribution in [0.5, 0.6) is 0 Å². The molecule has 0 bridgehead atoms. The zero-order valence-electron chi connectivity index (χ0n) is 19.0. The van der Waals surface area contributed by atoms with Gasteiger partial charge in [0.05, 0.1) is 6.26 Å². The molecule has 2 aliphatic heterocycles. The van der Waals surface area contributed by atoms with Gasteiger partial charge in [0, 0.05) is 57.4 Å². The summed E-state index contributed by atoms with van der Waals surface area (Å²) in [6, 6.07) is 12.1. The first-order valence-corrected chi connectivity index (χ1v) is 11.7. The number of benzene rings is 1. The molecular weight excluding hydrogens is 404 g/mol. The molecule has 0 radical (unpaired) electrons. The van der Waals surface area contributed by atoms with Crippen molar-refractivity contribution in [3.63, 3.8) is 0 Å². The quantitative estimate of drug-likeness (QED) is 0.674. The Bertz CT molecular complexity index is 882. The zero-order valence-corrected chi connectivity index (χ0v) is 19.0. The standard InChI is InChI=1S/C25H34N4O3/c1-20-5-2-6-22(19-20)28-16-14-27(15-17-28)11-4-10-26-24(30)21-8-12-29(13-9-21)25(31)23-7-3-18-32-23/h2-3,5-7,18-19,21H,4,8-17H2,1H3,(H,26,30). The van der Waals surface area contributed by atoms with Crippen LogP contribution in [0, 0.1) is 12.8 Å². The third-order valence-corrected chi connectivity index (χ3v) is 6.57. The van der Waals surface area contributed by atoms with Crippen LogP contribution in [0.2, 0.25) is 0 Å². The molecule has 7 heteroatoms. The topological polar surface area (TPSA) is 69.0 Å². The maximum Gasteiger partial charge on any atom is 0.289 e. The highest BCUT2D eigenvalue weighted by Crippen LogP contribution is 2.20. The molecule has 3 heterocycles. The van der Waals surface area contributed by atoms with Crippen molar-refractivity contribution in [2.75, 3.05) is 57.3 Å². The molecule has 2 saturated heterocycles. The number of aryl methyl sites for hydroxylation is 1. The summed E-state index contributed by atoms with van der Waals surface area (Å²) in [5.41, 5.74) is 2.62. The summed E-state index contributed by atoms with van der Waals surface area (Å²) in [5, 5.41) is 3.11. The predicted molar refractivity (Wildman–Crippen MR) is 125 cm³/mol. The van der Waals surface area contributed by atoms with Gasteiger partial charge in [0.2, 0.25) is 5.91 Å². The fourth-order valence-electron chi connectivity index (χ4n) is 4.61.